The molecular weight excluding hydrogens is 324 g/mol. The van der Waals surface area contributed by atoms with E-state index in [1.807, 2.05) is 42.5 Å². The predicted octanol–water partition coefficient (Wildman–Crippen LogP) is 4.80. The molecule has 0 aliphatic carbocycles. The Balaban J connectivity index is 1.88. The van der Waals surface area contributed by atoms with Crippen molar-refractivity contribution < 1.29 is 14.6 Å². The molecule has 1 unspecified atom stereocenters. The maximum atomic E-state index is 10.9. The third kappa shape index (κ3) is 4.42. The maximum absolute atomic E-state index is 10.9. The van der Waals surface area contributed by atoms with Gasteiger partial charge in [-0.3, -0.25) is 0 Å². The van der Waals surface area contributed by atoms with Gasteiger partial charge >= 0.3 is 0 Å². The summed E-state index contributed by atoms with van der Waals surface area (Å²) in [5.74, 6) is 0. The number of aryl methyl sites for hydroxylation is 2. The van der Waals surface area contributed by atoms with Gasteiger partial charge < -0.3 is 14.6 Å². The largest absolute Gasteiger partial charge is 0.384 e. The van der Waals surface area contributed by atoms with Crippen LogP contribution in [0.3, 0.4) is 0 Å². The van der Waals surface area contributed by atoms with Crippen molar-refractivity contribution in [3.05, 3.63) is 76.4 Å². The normalized spacial score (nSPS) is 19.0. The van der Waals surface area contributed by atoms with Crippen LogP contribution in [0.25, 0.3) is 6.08 Å². The van der Waals surface area contributed by atoms with E-state index < -0.39 is 6.10 Å². The number of aliphatic hydroxyl groups is 1. The van der Waals surface area contributed by atoms with E-state index in [1.54, 1.807) is 0 Å². The van der Waals surface area contributed by atoms with E-state index in [0.29, 0.717) is 13.2 Å². The van der Waals surface area contributed by atoms with E-state index in [1.165, 1.54) is 0 Å². The van der Waals surface area contributed by atoms with Gasteiger partial charge in [0.25, 0.3) is 0 Å². The third-order valence-electron chi connectivity index (χ3n) is 4.67. The minimum absolute atomic E-state index is 0.0543. The van der Waals surface area contributed by atoms with Gasteiger partial charge in [-0.1, -0.05) is 68.0 Å². The standard InChI is InChI=1S/C23H28O3/c1-16-12-17(2)19(10-11-21-25-14-23(3,4)15-26-21)20(13-16)22(24)18-8-6-5-7-9-18/h5-13,21-22,24H,14-15H2,1-4H3/b11-10+. The van der Waals surface area contributed by atoms with E-state index in [0.717, 1.165) is 27.8 Å². The molecule has 138 valence electrons. The van der Waals surface area contributed by atoms with Gasteiger partial charge in [0, 0.05) is 5.41 Å². The molecule has 1 atom stereocenters. The van der Waals surface area contributed by atoms with Crippen LogP contribution in [0.2, 0.25) is 0 Å². The first-order valence-corrected chi connectivity index (χ1v) is 9.11. The summed E-state index contributed by atoms with van der Waals surface area (Å²) in [6.07, 6.45) is 2.94. The highest BCUT2D eigenvalue weighted by atomic mass is 16.7. The molecule has 26 heavy (non-hydrogen) atoms. The van der Waals surface area contributed by atoms with Crippen LogP contribution < -0.4 is 0 Å². The summed E-state index contributed by atoms with van der Waals surface area (Å²) in [5, 5.41) is 10.9. The Morgan fingerprint density at radius 1 is 1.08 bits per heavy atom. The lowest BCUT2D eigenvalue weighted by Crippen LogP contribution is -2.36. The highest BCUT2D eigenvalue weighted by molar-refractivity contribution is 5.61. The number of ether oxygens (including phenoxy) is 2. The zero-order valence-electron chi connectivity index (χ0n) is 16.0. The molecule has 3 nitrogen and oxygen atoms in total. The second-order valence-electron chi connectivity index (χ2n) is 7.91. The number of hydrogen-bond donors (Lipinski definition) is 1. The Kier molecular flexibility index (Phi) is 5.61. The molecule has 1 fully saturated rings. The quantitative estimate of drug-likeness (QED) is 0.859. The SMILES string of the molecule is Cc1cc(C)c(/C=C/C2OCC(C)(C)CO2)c(C(O)c2ccccc2)c1. The Hall–Kier alpha value is -1.94. The average molecular weight is 352 g/mol. The molecule has 0 amide bonds. The Labute approximate surface area is 156 Å². The number of benzene rings is 2. The van der Waals surface area contributed by atoms with Crippen LogP contribution >= 0.6 is 0 Å². The molecule has 2 aromatic rings. The monoisotopic (exact) mass is 352 g/mol. The van der Waals surface area contributed by atoms with Gasteiger partial charge in [0.2, 0.25) is 0 Å². The average Bonchev–Trinajstić information content (AvgIpc) is 2.61. The summed E-state index contributed by atoms with van der Waals surface area (Å²) >= 11 is 0. The maximum Gasteiger partial charge on any atom is 0.177 e. The molecule has 0 aromatic heterocycles. The Morgan fingerprint density at radius 3 is 2.38 bits per heavy atom. The molecular formula is C23H28O3. The van der Waals surface area contributed by atoms with Crippen molar-refractivity contribution in [2.75, 3.05) is 13.2 Å². The van der Waals surface area contributed by atoms with E-state index in [4.69, 9.17) is 9.47 Å². The fraction of sp³-hybridized carbons (Fsp3) is 0.391. The van der Waals surface area contributed by atoms with Gasteiger partial charge in [0.05, 0.1) is 13.2 Å². The van der Waals surface area contributed by atoms with Gasteiger partial charge in [-0.05, 0) is 42.2 Å². The molecule has 3 heteroatoms. The fourth-order valence-electron chi connectivity index (χ4n) is 3.27. The summed E-state index contributed by atoms with van der Waals surface area (Å²) in [4.78, 5) is 0. The fourth-order valence-corrected chi connectivity index (χ4v) is 3.27. The minimum atomic E-state index is -0.665. The topological polar surface area (TPSA) is 38.7 Å². The number of aliphatic hydroxyl groups excluding tert-OH is 1. The van der Waals surface area contributed by atoms with Crippen molar-refractivity contribution >= 4 is 6.08 Å². The highest BCUT2D eigenvalue weighted by Gasteiger charge is 2.27. The van der Waals surface area contributed by atoms with Crippen LogP contribution in [-0.4, -0.2) is 24.6 Å². The first-order chi connectivity index (χ1) is 12.4. The van der Waals surface area contributed by atoms with Crippen LogP contribution in [0, 0.1) is 19.3 Å². The van der Waals surface area contributed by atoms with Crippen LogP contribution in [0.1, 0.15) is 47.8 Å². The Bertz CT molecular complexity index is 768. The molecule has 1 heterocycles. The molecule has 1 saturated heterocycles. The summed E-state index contributed by atoms with van der Waals surface area (Å²) in [6, 6.07) is 13.9. The number of rotatable bonds is 4. The zero-order chi connectivity index (χ0) is 18.7. The zero-order valence-corrected chi connectivity index (χ0v) is 16.0. The molecule has 1 aliphatic rings. The van der Waals surface area contributed by atoms with Gasteiger partial charge in [0.15, 0.2) is 6.29 Å². The van der Waals surface area contributed by atoms with E-state index in [9.17, 15) is 5.11 Å². The van der Waals surface area contributed by atoms with Crippen LogP contribution in [0.4, 0.5) is 0 Å². The Morgan fingerprint density at radius 2 is 1.73 bits per heavy atom. The van der Waals surface area contributed by atoms with Crippen molar-refractivity contribution in [2.24, 2.45) is 5.41 Å². The summed E-state index contributed by atoms with van der Waals surface area (Å²) in [6.45, 7) is 9.73. The van der Waals surface area contributed by atoms with Gasteiger partial charge in [-0.15, -0.1) is 0 Å². The van der Waals surface area contributed by atoms with E-state index in [2.05, 4.69) is 39.8 Å². The highest BCUT2D eigenvalue weighted by Crippen LogP contribution is 2.30. The first kappa shape index (κ1) is 18.8. The molecule has 1 aliphatic heterocycles. The van der Waals surface area contributed by atoms with Crippen molar-refractivity contribution in [1.29, 1.82) is 0 Å². The summed E-state index contributed by atoms with van der Waals surface area (Å²) < 4.78 is 11.6. The van der Waals surface area contributed by atoms with Crippen molar-refractivity contribution in [2.45, 2.75) is 40.1 Å². The van der Waals surface area contributed by atoms with Crippen LogP contribution in [0.15, 0.2) is 48.5 Å². The summed E-state index contributed by atoms with van der Waals surface area (Å²) in [7, 11) is 0. The molecule has 0 spiro atoms. The predicted molar refractivity (Wildman–Crippen MR) is 105 cm³/mol. The lowest BCUT2D eigenvalue weighted by molar-refractivity contribution is -0.197. The second-order valence-corrected chi connectivity index (χ2v) is 7.91. The van der Waals surface area contributed by atoms with Gasteiger partial charge in [-0.25, -0.2) is 0 Å². The van der Waals surface area contributed by atoms with Gasteiger partial charge in [-0.2, -0.15) is 0 Å². The van der Waals surface area contributed by atoms with Crippen LogP contribution in [-0.2, 0) is 9.47 Å². The minimum Gasteiger partial charge on any atom is -0.384 e. The second kappa shape index (κ2) is 7.75. The summed E-state index contributed by atoms with van der Waals surface area (Å²) in [5.41, 5.74) is 5.13. The third-order valence-corrected chi connectivity index (χ3v) is 4.67. The lowest BCUT2D eigenvalue weighted by atomic mass is 9.91. The molecule has 1 N–H and O–H groups in total. The van der Waals surface area contributed by atoms with E-state index in [-0.39, 0.29) is 11.7 Å². The molecule has 0 saturated carbocycles. The first-order valence-electron chi connectivity index (χ1n) is 9.11. The lowest BCUT2D eigenvalue weighted by Gasteiger charge is -2.33. The molecule has 0 radical (unpaired) electrons. The molecule has 2 aromatic carbocycles. The molecule has 3 rings (SSSR count). The molecule has 0 bridgehead atoms. The van der Waals surface area contributed by atoms with Crippen molar-refractivity contribution in [3.8, 4) is 0 Å². The van der Waals surface area contributed by atoms with Crippen molar-refractivity contribution in [3.63, 3.8) is 0 Å². The van der Waals surface area contributed by atoms with Crippen molar-refractivity contribution in [1.82, 2.24) is 0 Å². The number of hydrogen-bond acceptors (Lipinski definition) is 3. The van der Waals surface area contributed by atoms with Gasteiger partial charge in [0.1, 0.15) is 6.10 Å². The smallest absolute Gasteiger partial charge is 0.177 e. The van der Waals surface area contributed by atoms with E-state index >= 15 is 0 Å². The van der Waals surface area contributed by atoms with Crippen LogP contribution in [0.5, 0.6) is 0 Å².